The van der Waals surface area contributed by atoms with E-state index >= 15 is 0 Å². The number of aliphatic hydroxyl groups excluding tert-OH is 1. The van der Waals surface area contributed by atoms with Crippen molar-refractivity contribution in [1.82, 2.24) is 20.0 Å². The van der Waals surface area contributed by atoms with Gasteiger partial charge in [0.25, 0.3) is 0 Å². The molecule has 1 aromatic heterocycles. The van der Waals surface area contributed by atoms with Crippen LogP contribution in [0.15, 0.2) is 18.2 Å². The molecule has 3 rings (SSSR count). The number of hydrogen-bond donors (Lipinski definition) is 3. The normalized spacial score (nSPS) is 13.8. The van der Waals surface area contributed by atoms with Gasteiger partial charge in [0.1, 0.15) is 5.82 Å². The highest BCUT2D eigenvalue weighted by Gasteiger charge is 2.24. The summed E-state index contributed by atoms with van der Waals surface area (Å²) in [5, 5.41) is 15.6. The number of nitrogens with two attached hydrogens (primary N) is 1. The molecule has 2 aromatic rings. The minimum atomic E-state index is -0.470. The van der Waals surface area contributed by atoms with E-state index in [4.69, 9.17) is 10.8 Å². The fourth-order valence-corrected chi connectivity index (χ4v) is 3.09. The number of nitrogens with one attached hydrogen (secondary N) is 1. The number of hydrogen-bond acceptors (Lipinski definition) is 5. The van der Waals surface area contributed by atoms with E-state index in [-0.39, 0.29) is 24.8 Å². The zero-order valence-electron chi connectivity index (χ0n) is 17.9. The van der Waals surface area contributed by atoms with Crippen molar-refractivity contribution in [3.63, 3.8) is 0 Å². The van der Waals surface area contributed by atoms with E-state index < -0.39 is 5.54 Å². The van der Waals surface area contributed by atoms with Crippen LogP contribution in [0.5, 0.6) is 0 Å². The Morgan fingerprint density at radius 2 is 2.10 bits per heavy atom. The van der Waals surface area contributed by atoms with Gasteiger partial charge in [-0.2, -0.15) is 5.10 Å². The first-order chi connectivity index (χ1) is 14.1. The molecule has 0 radical (unpaired) electrons. The quantitative estimate of drug-likeness (QED) is 0.604. The molecule has 2 amide bonds. The fourth-order valence-electron chi connectivity index (χ4n) is 3.09. The van der Waals surface area contributed by atoms with Crippen LogP contribution in [0.2, 0.25) is 0 Å². The second-order valence-corrected chi connectivity index (χ2v) is 8.15. The Labute approximate surface area is 175 Å². The summed E-state index contributed by atoms with van der Waals surface area (Å²) < 4.78 is 15.4. The summed E-state index contributed by atoms with van der Waals surface area (Å²) in [7, 11) is 2.03. The number of nitrogens with zero attached hydrogens (tertiary/aromatic N) is 3. The smallest absolute Gasteiger partial charge is 0.221 e. The number of benzene rings is 1. The molecule has 8 nitrogen and oxygen atoms in total. The maximum Gasteiger partial charge on any atom is 0.221 e. The van der Waals surface area contributed by atoms with Crippen LogP contribution >= 0.6 is 0 Å². The molecule has 0 aliphatic carbocycles. The van der Waals surface area contributed by atoms with Gasteiger partial charge in [0.05, 0.1) is 36.5 Å². The molecule has 0 saturated heterocycles. The molecule has 0 saturated carbocycles. The highest BCUT2D eigenvalue weighted by Crippen LogP contribution is 2.29. The Bertz CT molecular complexity index is 910. The highest BCUT2D eigenvalue weighted by molar-refractivity contribution is 5.80. The first-order valence-electron chi connectivity index (χ1n) is 9.72. The fraction of sp³-hybridized carbons (Fsp3) is 0.476. The van der Waals surface area contributed by atoms with Crippen LogP contribution in [-0.4, -0.2) is 57.8 Å². The molecule has 0 fully saturated rings. The average Bonchev–Trinajstić information content (AvgIpc) is 3.02. The Kier molecular flexibility index (Phi) is 7.69. The minimum Gasteiger partial charge on any atom is -0.394 e. The lowest BCUT2D eigenvalue weighted by molar-refractivity contribution is -0.117. The second-order valence-electron chi connectivity index (χ2n) is 8.15. The van der Waals surface area contributed by atoms with Crippen LogP contribution in [0.4, 0.5) is 4.39 Å². The molecule has 1 aliphatic rings. The number of aromatic nitrogens is 2. The third-order valence-corrected chi connectivity index (χ3v) is 4.91. The summed E-state index contributed by atoms with van der Waals surface area (Å²) in [6.07, 6.45) is 0.727. The van der Waals surface area contributed by atoms with Crippen molar-refractivity contribution in [3.8, 4) is 11.3 Å². The van der Waals surface area contributed by atoms with Crippen molar-refractivity contribution < 1.29 is 19.1 Å². The van der Waals surface area contributed by atoms with E-state index in [0.29, 0.717) is 12.0 Å². The van der Waals surface area contributed by atoms with Crippen molar-refractivity contribution in [2.75, 3.05) is 20.2 Å². The third kappa shape index (κ3) is 5.87. The second kappa shape index (κ2) is 9.82. The number of amides is 2. The summed E-state index contributed by atoms with van der Waals surface area (Å²) in [6.45, 7) is 7.57. The standard InChI is InChI=1S/C16H19FN4O.C5H11NO2/c1-10-7-11(3-4-13(10)17)16-12(8-15(18)22)14-9-20(2)5-6-21(14)19-16;1-5(2,3-7)6-4-8/h3-4,7H,5-6,8-9H2,1-2H3,(H2,18,22);4,7H,3H2,1-2H3,(H,6,8). The van der Waals surface area contributed by atoms with Gasteiger partial charge in [-0.05, 0) is 51.6 Å². The predicted molar refractivity (Wildman–Crippen MR) is 112 cm³/mol. The van der Waals surface area contributed by atoms with Crippen LogP contribution in [0.3, 0.4) is 0 Å². The summed E-state index contributed by atoms with van der Waals surface area (Å²) in [5.41, 5.74) is 8.91. The summed E-state index contributed by atoms with van der Waals surface area (Å²) in [5.74, 6) is -0.631. The van der Waals surface area contributed by atoms with E-state index in [1.165, 1.54) is 6.07 Å². The number of aryl methyl sites for hydroxylation is 1. The number of fused-ring (bicyclic) bond motifs is 1. The Balaban J connectivity index is 0.000000343. The monoisotopic (exact) mass is 419 g/mol. The van der Waals surface area contributed by atoms with Gasteiger partial charge < -0.3 is 16.2 Å². The highest BCUT2D eigenvalue weighted by atomic mass is 19.1. The predicted octanol–water partition coefficient (Wildman–Crippen LogP) is 0.974. The molecule has 1 aliphatic heterocycles. The van der Waals surface area contributed by atoms with Gasteiger partial charge in [-0.15, -0.1) is 0 Å². The lowest BCUT2D eigenvalue weighted by Gasteiger charge is -2.24. The summed E-state index contributed by atoms with van der Waals surface area (Å²) in [6, 6.07) is 4.89. The number of aliphatic hydroxyl groups is 1. The number of likely N-dealkylation sites (N-methyl/N-ethyl adjacent to an activating group) is 1. The van der Waals surface area contributed by atoms with Crippen molar-refractivity contribution in [2.45, 2.75) is 45.8 Å². The van der Waals surface area contributed by atoms with Gasteiger partial charge in [-0.3, -0.25) is 19.2 Å². The van der Waals surface area contributed by atoms with Crippen molar-refractivity contribution >= 4 is 12.3 Å². The molecule has 1 aromatic carbocycles. The third-order valence-electron chi connectivity index (χ3n) is 4.91. The molecule has 0 atom stereocenters. The Hall–Kier alpha value is -2.78. The summed E-state index contributed by atoms with van der Waals surface area (Å²) in [4.78, 5) is 23.4. The number of carbonyl (C=O) groups is 2. The van der Waals surface area contributed by atoms with Crippen LogP contribution in [0, 0.1) is 12.7 Å². The molecule has 2 heterocycles. The Morgan fingerprint density at radius 1 is 1.40 bits per heavy atom. The molecule has 0 unspecified atom stereocenters. The maximum atomic E-state index is 13.5. The largest absolute Gasteiger partial charge is 0.394 e. The molecule has 30 heavy (non-hydrogen) atoms. The number of carbonyl (C=O) groups excluding carboxylic acids is 2. The van der Waals surface area contributed by atoms with E-state index in [2.05, 4.69) is 15.3 Å². The summed E-state index contributed by atoms with van der Waals surface area (Å²) >= 11 is 0. The van der Waals surface area contributed by atoms with E-state index in [1.54, 1.807) is 32.9 Å². The zero-order chi connectivity index (χ0) is 22.5. The van der Waals surface area contributed by atoms with Gasteiger partial charge >= 0.3 is 0 Å². The number of halogens is 1. The van der Waals surface area contributed by atoms with Crippen LogP contribution < -0.4 is 11.1 Å². The molecule has 9 heteroatoms. The van der Waals surface area contributed by atoms with Crippen LogP contribution in [0.25, 0.3) is 11.3 Å². The van der Waals surface area contributed by atoms with Gasteiger partial charge in [0.2, 0.25) is 12.3 Å². The van der Waals surface area contributed by atoms with E-state index in [1.807, 2.05) is 11.7 Å². The minimum absolute atomic E-state index is 0.0360. The first-order valence-corrected chi connectivity index (χ1v) is 9.72. The molecular formula is C21H30FN5O3. The first kappa shape index (κ1) is 23.5. The van der Waals surface area contributed by atoms with E-state index in [9.17, 15) is 14.0 Å². The van der Waals surface area contributed by atoms with Gasteiger partial charge in [0.15, 0.2) is 0 Å². The van der Waals surface area contributed by atoms with Crippen LogP contribution in [-0.2, 0) is 29.1 Å². The molecule has 0 spiro atoms. The molecule has 0 bridgehead atoms. The van der Waals surface area contributed by atoms with Gasteiger partial charge in [-0.1, -0.05) is 0 Å². The van der Waals surface area contributed by atoms with Crippen molar-refractivity contribution in [2.24, 2.45) is 5.73 Å². The topological polar surface area (TPSA) is 113 Å². The van der Waals surface area contributed by atoms with Crippen LogP contribution in [0.1, 0.15) is 30.7 Å². The van der Waals surface area contributed by atoms with Gasteiger partial charge in [0, 0.05) is 24.2 Å². The van der Waals surface area contributed by atoms with Crippen molar-refractivity contribution in [1.29, 1.82) is 0 Å². The number of rotatable bonds is 6. The van der Waals surface area contributed by atoms with Crippen molar-refractivity contribution in [3.05, 3.63) is 40.8 Å². The lowest BCUT2D eigenvalue weighted by atomic mass is 10.0. The number of primary amides is 1. The molecule has 164 valence electrons. The molecule has 4 N–H and O–H groups in total. The average molecular weight is 420 g/mol. The molecular weight excluding hydrogens is 389 g/mol. The SMILES string of the molecule is CC(C)(CO)NC=O.Cc1cc(-c2nn3c(c2CC(N)=O)CN(C)CC3)ccc1F. The Morgan fingerprint density at radius 3 is 2.63 bits per heavy atom. The zero-order valence-corrected chi connectivity index (χ0v) is 17.9. The van der Waals surface area contributed by atoms with Gasteiger partial charge in [-0.25, -0.2) is 4.39 Å². The lowest BCUT2D eigenvalue weighted by Crippen LogP contribution is -2.41. The maximum absolute atomic E-state index is 13.5. The van der Waals surface area contributed by atoms with E-state index in [0.717, 1.165) is 42.1 Å².